The SMILES string of the molecule is Cc1ccc(-c2nnn(-c3ccc(C)c(Cl)c3)n2)cc1. The molecule has 5 heteroatoms. The van der Waals surface area contributed by atoms with Crippen molar-refractivity contribution in [2.45, 2.75) is 13.8 Å². The molecule has 100 valence electrons. The van der Waals surface area contributed by atoms with E-state index in [-0.39, 0.29) is 0 Å². The third-order valence-electron chi connectivity index (χ3n) is 3.11. The van der Waals surface area contributed by atoms with Crippen LogP contribution >= 0.6 is 11.6 Å². The Morgan fingerprint density at radius 1 is 1.00 bits per heavy atom. The zero-order chi connectivity index (χ0) is 14.1. The quantitative estimate of drug-likeness (QED) is 0.722. The van der Waals surface area contributed by atoms with Gasteiger partial charge in [-0.1, -0.05) is 47.5 Å². The van der Waals surface area contributed by atoms with Gasteiger partial charge in [-0.05, 0) is 36.8 Å². The minimum atomic E-state index is 0.599. The van der Waals surface area contributed by atoms with Crippen LogP contribution in [-0.4, -0.2) is 20.2 Å². The van der Waals surface area contributed by atoms with Gasteiger partial charge >= 0.3 is 0 Å². The third-order valence-corrected chi connectivity index (χ3v) is 3.52. The molecule has 0 bridgehead atoms. The van der Waals surface area contributed by atoms with Gasteiger partial charge < -0.3 is 0 Å². The molecule has 1 heterocycles. The first-order valence-corrected chi connectivity index (χ1v) is 6.65. The minimum Gasteiger partial charge on any atom is -0.130 e. The Hall–Kier alpha value is -2.20. The van der Waals surface area contributed by atoms with Crippen LogP contribution in [0.5, 0.6) is 0 Å². The Balaban J connectivity index is 1.97. The zero-order valence-electron chi connectivity index (χ0n) is 11.2. The first-order valence-electron chi connectivity index (χ1n) is 6.27. The molecular formula is C15H13ClN4. The Morgan fingerprint density at radius 3 is 2.45 bits per heavy atom. The van der Waals surface area contributed by atoms with Crippen molar-refractivity contribution in [2.75, 3.05) is 0 Å². The molecule has 0 amide bonds. The molecule has 0 saturated carbocycles. The number of rotatable bonds is 2. The predicted molar refractivity (Wildman–Crippen MR) is 79.1 cm³/mol. The second-order valence-electron chi connectivity index (χ2n) is 4.70. The van der Waals surface area contributed by atoms with E-state index in [1.807, 2.05) is 56.3 Å². The fraction of sp³-hybridized carbons (Fsp3) is 0.133. The monoisotopic (exact) mass is 284 g/mol. The summed E-state index contributed by atoms with van der Waals surface area (Å²) < 4.78 is 0. The van der Waals surface area contributed by atoms with Crippen LogP contribution in [0.1, 0.15) is 11.1 Å². The minimum absolute atomic E-state index is 0.599. The van der Waals surface area contributed by atoms with E-state index in [1.165, 1.54) is 10.4 Å². The van der Waals surface area contributed by atoms with Gasteiger partial charge in [-0.3, -0.25) is 0 Å². The maximum absolute atomic E-state index is 6.12. The van der Waals surface area contributed by atoms with Crippen LogP contribution in [0.25, 0.3) is 17.1 Å². The second-order valence-corrected chi connectivity index (χ2v) is 5.11. The summed E-state index contributed by atoms with van der Waals surface area (Å²) in [4.78, 5) is 1.49. The van der Waals surface area contributed by atoms with Gasteiger partial charge in [0.05, 0.1) is 5.69 Å². The molecule has 0 unspecified atom stereocenters. The van der Waals surface area contributed by atoms with Gasteiger partial charge in [-0.15, -0.1) is 15.0 Å². The van der Waals surface area contributed by atoms with E-state index in [2.05, 4.69) is 15.4 Å². The molecule has 0 aliphatic heterocycles. The molecular weight excluding hydrogens is 272 g/mol. The van der Waals surface area contributed by atoms with E-state index < -0.39 is 0 Å². The number of aromatic nitrogens is 4. The van der Waals surface area contributed by atoms with E-state index in [0.717, 1.165) is 16.8 Å². The summed E-state index contributed by atoms with van der Waals surface area (Å²) >= 11 is 6.12. The zero-order valence-corrected chi connectivity index (χ0v) is 12.0. The van der Waals surface area contributed by atoms with Gasteiger partial charge in [-0.2, -0.15) is 0 Å². The van der Waals surface area contributed by atoms with Gasteiger partial charge in [0.15, 0.2) is 0 Å². The lowest BCUT2D eigenvalue weighted by molar-refractivity contribution is 0.720. The first kappa shape index (κ1) is 12.8. The van der Waals surface area contributed by atoms with Crippen molar-refractivity contribution >= 4 is 11.6 Å². The lowest BCUT2D eigenvalue weighted by Gasteiger charge is -2.01. The molecule has 20 heavy (non-hydrogen) atoms. The Kier molecular flexibility index (Phi) is 3.24. The molecule has 0 fully saturated rings. The van der Waals surface area contributed by atoms with Gasteiger partial charge in [0.1, 0.15) is 0 Å². The molecule has 2 aromatic carbocycles. The number of tetrazole rings is 1. The van der Waals surface area contributed by atoms with Gasteiger partial charge in [0.2, 0.25) is 5.82 Å². The van der Waals surface area contributed by atoms with Crippen LogP contribution in [-0.2, 0) is 0 Å². The lowest BCUT2D eigenvalue weighted by Crippen LogP contribution is -1.99. The van der Waals surface area contributed by atoms with Gasteiger partial charge in [0.25, 0.3) is 0 Å². The standard InChI is InChI=1S/C15H13ClN4/c1-10-3-6-12(7-4-10)15-17-19-20(18-15)13-8-5-11(2)14(16)9-13/h3-9H,1-2H3. The summed E-state index contributed by atoms with van der Waals surface area (Å²) in [6, 6.07) is 13.7. The summed E-state index contributed by atoms with van der Waals surface area (Å²) in [7, 11) is 0. The van der Waals surface area contributed by atoms with Gasteiger partial charge in [0, 0.05) is 10.6 Å². The number of benzene rings is 2. The fourth-order valence-electron chi connectivity index (χ4n) is 1.85. The summed E-state index contributed by atoms with van der Waals surface area (Å²) in [5.74, 6) is 0.599. The van der Waals surface area contributed by atoms with Crippen LogP contribution in [0.15, 0.2) is 42.5 Å². The molecule has 0 radical (unpaired) electrons. The molecule has 1 aromatic heterocycles. The van der Waals surface area contributed by atoms with Crippen LogP contribution in [0, 0.1) is 13.8 Å². The maximum Gasteiger partial charge on any atom is 0.205 e. The highest BCUT2D eigenvalue weighted by atomic mass is 35.5. The van der Waals surface area contributed by atoms with Crippen molar-refractivity contribution in [2.24, 2.45) is 0 Å². The number of hydrogen-bond acceptors (Lipinski definition) is 3. The summed E-state index contributed by atoms with van der Waals surface area (Å²) in [6.45, 7) is 4.00. The van der Waals surface area contributed by atoms with Gasteiger partial charge in [-0.25, -0.2) is 0 Å². The average molecular weight is 285 g/mol. The smallest absolute Gasteiger partial charge is 0.130 e. The molecule has 3 rings (SSSR count). The van der Waals surface area contributed by atoms with E-state index in [0.29, 0.717) is 10.8 Å². The molecule has 0 spiro atoms. The van der Waals surface area contributed by atoms with E-state index >= 15 is 0 Å². The number of nitrogens with zero attached hydrogens (tertiary/aromatic N) is 4. The number of aryl methyl sites for hydroxylation is 2. The van der Waals surface area contributed by atoms with Crippen molar-refractivity contribution in [3.8, 4) is 17.1 Å². The van der Waals surface area contributed by atoms with Crippen LogP contribution in [0.4, 0.5) is 0 Å². The predicted octanol–water partition coefficient (Wildman–Crippen LogP) is 3.60. The van der Waals surface area contributed by atoms with E-state index in [4.69, 9.17) is 11.6 Å². The number of hydrogen-bond donors (Lipinski definition) is 0. The second kappa shape index (κ2) is 5.06. The lowest BCUT2D eigenvalue weighted by atomic mass is 10.1. The molecule has 0 N–H and O–H groups in total. The highest BCUT2D eigenvalue weighted by molar-refractivity contribution is 6.31. The molecule has 4 nitrogen and oxygen atoms in total. The van der Waals surface area contributed by atoms with Crippen LogP contribution in [0.3, 0.4) is 0 Å². The molecule has 0 aliphatic rings. The molecule has 3 aromatic rings. The topological polar surface area (TPSA) is 43.6 Å². The highest BCUT2D eigenvalue weighted by Gasteiger charge is 2.08. The fourth-order valence-corrected chi connectivity index (χ4v) is 2.02. The van der Waals surface area contributed by atoms with Crippen LogP contribution < -0.4 is 0 Å². The number of halogens is 1. The largest absolute Gasteiger partial charge is 0.205 e. The van der Waals surface area contributed by atoms with E-state index in [9.17, 15) is 0 Å². The van der Waals surface area contributed by atoms with Crippen molar-refractivity contribution < 1.29 is 0 Å². The molecule has 0 aliphatic carbocycles. The first-order chi connectivity index (χ1) is 9.63. The van der Waals surface area contributed by atoms with Crippen LogP contribution in [0.2, 0.25) is 5.02 Å². The Labute approximate surface area is 122 Å². The van der Waals surface area contributed by atoms with Crippen molar-refractivity contribution in [3.05, 3.63) is 58.6 Å². The molecule has 0 atom stereocenters. The third kappa shape index (κ3) is 2.42. The Morgan fingerprint density at radius 2 is 1.75 bits per heavy atom. The van der Waals surface area contributed by atoms with Crippen molar-refractivity contribution in [1.82, 2.24) is 20.2 Å². The highest BCUT2D eigenvalue weighted by Crippen LogP contribution is 2.19. The summed E-state index contributed by atoms with van der Waals surface area (Å²) in [6.07, 6.45) is 0. The van der Waals surface area contributed by atoms with Crippen molar-refractivity contribution in [3.63, 3.8) is 0 Å². The maximum atomic E-state index is 6.12. The van der Waals surface area contributed by atoms with Crippen molar-refractivity contribution in [1.29, 1.82) is 0 Å². The molecule has 0 saturated heterocycles. The average Bonchev–Trinajstić information content (AvgIpc) is 2.92. The summed E-state index contributed by atoms with van der Waals surface area (Å²) in [5, 5.41) is 13.2. The normalized spacial score (nSPS) is 10.8. The summed E-state index contributed by atoms with van der Waals surface area (Å²) in [5.41, 5.74) is 3.97. The Bertz CT molecular complexity index is 747. The van der Waals surface area contributed by atoms with E-state index in [1.54, 1.807) is 0 Å².